The molecule has 2 aromatic heterocycles. The van der Waals surface area contributed by atoms with E-state index in [1.165, 1.54) is 17.4 Å². The number of likely N-dealkylation sites (N-methyl/N-ethyl adjacent to an activating group) is 1. The number of rotatable bonds is 9. The number of fused-ring (bicyclic) bond motifs is 1. The summed E-state index contributed by atoms with van der Waals surface area (Å²) in [5, 5.41) is 10.8. The van der Waals surface area contributed by atoms with Crippen LogP contribution < -0.4 is 4.74 Å². The van der Waals surface area contributed by atoms with Gasteiger partial charge in [0.1, 0.15) is 18.5 Å². The summed E-state index contributed by atoms with van der Waals surface area (Å²) in [6.45, 7) is 1.15. The van der Waals surface area contributed by atoms with Crippen LogP contribution in [0.5, 0.6) is 5.88 Å². The zero-order chi connectivity index (χ0) is 25.8. The molecule has 1 amide bonds. The molecule has 0 spiro atoms. The van der Waals surface area contributed by atoms with E-state index in [9.17, 15) is 9.90 Å². The number of nitrogens with zero attached hydrogens (tertiary/aromatic N) is 4. The molecule has 1 aliphatic carbocycles. The first-order valence-corrected chi connectivity index (χ1v) is 12.2. The Morgan fingerprint density at radius 2 is 2.19 bits per heavy atom. The van der Waals surface area contributed by atoms with Crippen molar-refractivity contribution in [1.82, 2.24) is 19.8 Å². The Labute approximate surface area is 215 Å². The Hall–Kier alpha value is -3.89. The minimum Gasteiger partial charge on any atom is -0.481 e. The van der Waals surface area contributed by atoms with E-state index in [-0.39, 0.29) is 12.4 Å². The molecule has 1 N–H and O–H groups in total. The van der Waals surface area contributed by atoms with Gasteiger partial charge in [0, 0.05) is 25.4 Å². The summed E-state index contributed by atoms with van der Waals surface area (Å²) in [7, 11) is 3.50. The normalized spacial score (nSPS) is 20.1. The van der Waals surface area contributed by atoms with Crippen molar-refractivity contribution in [3.8, 4) is 5.88 Å². The Morgan fingerprint density at radius 1 is 1.30 bits per heavy atom. The lowest BCUT2D eigenvalue weighted by Crippen LogP contribution is -2.40. The van der Waals surface area contributed by atoms with Crippen LogP contribution in [0.3, 0.4) is 0 Å². The monoisotopic (exact) mass is 506 g/mol. The van der Waals surface area contributed by atoms with Gasteiger partial charge in [-0.25, -0.2) is 14.7 Å². The van der Waals surface area contributed by atoms with Crippen LogP contribution >= 0.6 is 0 Å². The summed E-state index contributed by atoms with van der Waals surface area (Å²) in [5.41, 5.74) is 3.64. The average molecular weight is 507 g/mol. The van der Waals surface area contributed by atoms with Gasteiger partial charge in [-0.15, -0.1) is 0 Å². The molecule has 194 valence electrons. The molecule has 5 rings (SSSR count). The predicted octanol–water partition coefficient (Wildman–Crippen LogP) is 3.26. The van der Waals surface area contributed by atoms with Crippen molar-refractivity contribution in [1.29, 1.82) is 0 Å². The van der Waals surface area contributed by atoms with E-state index in [0.717, 1.165) is 35.0 Å². The van der Waals surface area contributed by atoms with Crippen LogP contribution in [0.2, 0.25) is 0 Å². The van der Waals surface area contributed by atoms with Crippen LogP contribution in [0.15, 0.2) is 72.4 Å². The molecule has 37 heavy (non-hydrogen) atoms. The smallest absolute Gasteiger partial charge is 0.417 e. The van der Waals surface area contributed by atoms with Crippen molar-refractivity contribution < 1.29 is 28.8 Å². The number of carbonyl (C=O) groups is 1. The average Bonchev–Trinajstić information content (AvgIpc) is 3.34. The van der Waals surface area contributed by atoms with E-state index in [1.807, 2.05) is 36.2 Å². The first kappa shape index (κ1) is 24.8. The Morgan fingerprint density at radius 3 is 3.00 bits per heavy atom. The topological polar surface area (TPSA) is 106 Å². The molecule has 3 aliphatic rings. The van der Waals surface area contributed by atoms with Gasteiger partial charge in [0.15, 0.2) is 12.0 Å². The fourth-order valence-corrected chi connectivity index (χ4v) is 4.46. The highest BCUT2D eigenvalue weighted by atomic mass is 16.6. The molecule has 0 unspecified atom stereocenters. The summed E-state index contributed by atoms with van der Waals surface area (Å²) < 4.78 is 22.1. The van der Waals surface area contributed by atoms with E-state index in [2.05, 4.69) is 16.0 Å². The zero-order valence-corrected chi connectivity index (χ0v) is 20.9. The van der Waals surface area contributed by atoms with Gasteiger partial charge in [0.2, 0.25) is 11.8 Å². The van der Waals surface area contributed by atoms with Gasteiger partial charge in [-0.1, -0.05) is 18.2 Å². The minimum absolute atomic E-state index is 0.161. The minimum atomic E-state index is -0.877. The molecule has 2 aliphatic heterocycles. The number of carbonyl (C=O) groups excluding carboxylic acids is 1. The van der Waals surface area contributed by atoms with E-state index < -0.39 is 18.3 Å². The van der Waals surface area contributed by atoms with Gasteiger partial charge in [0.05, 0.1) is 24.7 Å². The Bertz CT molecular complexity index is 1290. The molecule has 2 atom stereocenters. The largest absolute Gasteiger partial charge is 0.481 e. The fraction of sp³-hybridized carbons (Fsp3) is 0.370. The van der Waals surface area contributed by atoms with Crippen molar-refractivity contribution in [3.05, 3.63) is 77.9 Å². The maximum Gasteiger partial charge on any atom is 0.417 e. The van der Waals surface area contributed by atoms with Crippen molar-refractivity contribution >= 4 is 17.1 Å². The van der Waals surface area contributed by atoms with Crippen LogP contribution in [0, 0.1) is 0 Å². The highest BCUT2D eigenvalue weighted by molar-refractivity contribution is 5.78. The van der Waals surface area contributed by atoms with Crippen LogP contribution in [0.25, 0.3) is 11.0 Å². The standard InChI is InChI=1S/C27H30N4O6/c1-30(13-11-19-10-12-28-20-8-9-24(34-2)29-26(19)20)14-21(32)22-15-31(27(33)37-22)25-17-35-16-23(36-25)18-6-4-3-5-7-18/h3-4,6,8-10,12,16-17,21-22,32H,5,7,11,13-15H2,1-2H3/t21-,22-/m0/s1. The number of cyclic esters (lactones) is 1. The number of pyridine rings is 2. The molecule has 10 nitrogen and oxygen atoms in total. The second kappa shape index (κ2) is 11.0. The van der Waals surface area contributed by atoms with Gasteiger partial charge < -0.3 is 29.0 Å². The van der Waals surface area contributed by atoms with Gasteiger partial charge in [0.25, 0.3) is 0 Å². The zero-order valence-electron chi connectivity index (χ0n) is 20.9. The quantitative estimate of drug-likeness (QED) is 0.548. The third-order valence-corrected chi connectivity index (χ3v) is 6.53. The molecule has 1 fully saturated rings. The molecule has 0 radical (unpaired) electrons. The second-order valence-corrected chi connectivity index (χ2v) is 9.14. The lowest BCUT2D eigenvalue weighted by atomic mass is 10.0. The number of hydrogen-bond acceptors (Lipinski definition) is 9. The third-order valence-electron chi connectivity index (χ3n) is 6.53. The summed E-state index contributed by atoms with van der Waals surface area (Å²) in [4.78, 5) is 24.8. The van der Waals surface area contributed by atoms with E-state index in [1.54, 1.807) is 19.4 Å². The molecule has 2 aromatic rings. The molecule has 0 aromatic carbocycles. The van der Waals surface area contributed by atoms with Crippen LogP contribution in [0.1, 0.15) is 18.4 Å². The number of hydrogen-bond donors (Lipinski definition) is 1. The lowest BCUT2D eigenvalue weighted by molar-refractivity contribution is 0.0152. The van der Waals surface area contributed by atoms with E-state index >= 15 is 0 Å². The Kier molecular flexibility index (Phi) is 7.38. The summed E-state index contributed by atoms with van der Waals surface area (Å²) in [6, 6.07) is 5.62. The van der Waals surface area contributed by atoms with Crippen LogP contribution in [-0.2, 0) is 20.6 Å². The second-order valence-electron chi connectivity index (χ2n) is 9.14. The molecule has 4 heterocycles. The molecule has 0 bridgehead atoms. The number of methoxy groups -OCH3 is 1. The van der Waals surface area contributed by atoms with Crippen molar-refractivity contribution in [2.24, 2.45) is 0 Å². The first-order valence-electron chi connectivity index (χ1n) is 12.2. The highest BCUT2D eigenvalue weighted by Gasteiger charge is 2.40. The molecular formula is C27H30N4O6. The number of aliphatic hydroxyl groups excluding tert-OH is 1. The molecule has 0 saturated carbocycles. The fourth-order valence-electron chi connectivity index (χ4n) is 4.46. The van der Waals surface area contributed by atoms with Crippen LogP contribution in [-0.4, -0.2) is 77.0 Å². The van der Waals surface area contributed by atoms with Gasteiger partial charge in [-0.3, -0.25) is 4.98 Å². The highest BCUT2D eigenvalue weighted by Crippen LogP contribution is 2.30. The lowest BCUT2D eigenvalue weighted by Gasteiger charge is -2.24. The summed E-state index contributed by atoms with van der Waals surface area (Å²) in [6.07, 6.45) is 11.0. The van der Waals surface area contributed by atoms with Gasteiger partial charge in [-0.2, -0.15) is 0 Å². The number of ether oxygens (including phenoxy) is 4. The van der Waals surface area contributed by atoms with Crippen molar-refractivity contribution in [2.45, 2.75) is 31.5 Å². The molecule has 1 saturated heterocycles. The number of aromatic nitrogens is 2. The molecular weight excluding hydrogens is 476 g/mol. The number of allylic oxidation sites excluding steroid dienone is 4. The first-order chi connectivity index (χ1) is 18.0. The maximum atomic E-state index is 12.6. The van der Waals surface area contributed by atoms with Gasteiger partial charge >= 0.3 is 6.09 Å². The van der Waals surface area contributed by atoms with Crippen LogP contribution in [0.4, 0.5) is 4.79 Å². The van der Waals surface area contributed by atoms with Crippen molar-refractivity contribution in [2.75, 3.05) is 33.8 Å². The Balaban J connectivity index is 1.15. The maximum absolute atomic E-state index is 12.6. The summed E-state index contributed by atoms with van der Waals surface area (Å²) in [5.74, 6) is 1.35. The van der Waals surface area contributed by atoms with Gasteiger partial charge in [-0.05, 0) is 49.6 Å². The predicted molar refractivity (Wildman–Crippen MR) is 135 cm³/mol. The summed E-state index contributed by atoms with van der Waals surface area (Å²) >= 11 is 0. The number of aliphatic hydroxyl groups is 1. The SMILES string of the molecule is COc1ccc2nccc(CCN(C)C[C@H](O)[C@@H]3CN(C4=COC=C(C5=CC=CCC5)O4)C(=O)O3)c2n1. The molecule has 10 heteroatoms. The third kappa shape index (κ3) is 5.60. The number of amides is 1. The van der Waals surface area contributed by atoms with E-state index in [0.29, 0.717) is 31.1 Å². The van der Waals surface area contributed by atoms with E-state index in [4.69, 9.17) is 18.9 Å². The van der Waals surface area contributed by atoms with Crippen molar-refractivity contribution in [3.63, 3.8) is 0 Å².